The van der Waals surface area contributed by atoms with Crippen molar-refractivity contribution in [3.63, 3.8) is 0 Å². The Bertz CT molecular complexity index is 367. The predicted molar refractivity (Wildman–Crippen MR) is 56.1 cm³/mol. The molecule has 1 aliphatic rings. The van der Waals surface area contributed by atoms with E-state index in [4.69, 9.17) is 11.6 Å². The van der Waals surface area contributed by atoms with Crippen LogP contribution in [0, 0.1) is 5.92 Å². The summed E-state index contributed by atoms with van der Waals surface area (Å²) in [6.07, 6.45) is 6.04. The average Bonchev–Trinajstić information content (AvgIpc) is 2.14. The number of rotatable bonds is 3. The lowest BCUT2D eigenvalue weighted by atomic mass is 9.85. The van der Waals surface area contributed by atoms with E-state index in [1.807, 2.05) is 0 Å². The van der Waals surface area contributed by atoms with Crippen molar-refractivity contribution >= 4 is 23.3 Å². The smallest absolute Gasteiger partial charge is 0.241 e. The number of anilines is 1. The molecule has 80 valence electrons. The summed E-state index contributed by atoms with van der Waals surface area (Å²) in [5, 5.41) is 0.242. The molecule has 1 aromatic rings. The number of hydrogen-bond donors (Lipinski definition) is 2. The molecule has 1 fully saturated rings. The molecule has 1 heterocycles. The van der Waals surface area contributed by atoms with Gasteiger partial charge in [-0.05, 0) is 12.8 Å². The van der Waals surface area contributed by atoms with Gasteiger partial charge in [-0.15, -0.1) is 0 Å². The van der Waals surface area contributed by atoms with E-state index in [0.717, 1.165) is 19.3 Å². The van der Waals surface area contributed by atoms with Crippen LogP contribution in [0.4, 0.5) is 5.82 Å². The first-order valence-corrected chi connectivity index (χ1v) is 5.17. The third-order valence-corrected chi connectivity index (χ3v) is 2.71. The molecule has 2 N–H and O–H groups in total. The van der Waals surface area contributed by atoms with Crippen LogP contribution in [0.25, 0.3) is 0 Å². The molecule has 0 aliphatic heterocycles. The van der Waals surface area contributed by atoms with Crippen LogP contribution in [-0.2, 0) is 4.79 Å². The van der Waals surface area contributed by atoms with E-state index < -0.39 is 0 Å². The fourth-order valence-corrected chi connectivity index (χ4v) is 1.45. The molecule has 0 aromatic carbocycles. The second-order valence-corrected chi connectivity index (χ2v) is 3.80. The number of halogens is 1. The van der Waals surface area contributed by atoms with Gasteiger partial charge in [-0.2, -0.15) is 0 Å². The minimum absolute atomic E-state index is 0.0111. The average molecular weight is 227 g/mol. The topological polar surface area (TPSA) is 66.9 Å². The van der Waals surface area contributed by atoms with Crippen molar-refractivity contribution in [2.45, 2.75) is 19.3 Å². The highest BCUT2D eigenvalue weighted by Crippen LogP contribution is 2.26. The maximum atomic E-state index is 11.4. The van der Waals surface area contributed by atoms with Gasteiger partial charge in [0.2, 0.25) is 5.91 Å². The lowest BCUT2D eigenvalue weighted by Crippen LogP contribution is -2.38. The highest BCUT2D eigenvalue weighted by Gasteiger charge is 2.25. The minimum atomic E-state index is -0.0111. The molecule has 6 heteroatoms. The van der Waals surface area contributed by atoms with Gasteiger partial charge in [-0.1, -0.05) is 18.0 Å². The molecule has 1 saturated carbocycles. The van der Waals surface area contributed by atoms with E-state index in [9.17, 15) is 4.79 Å². The summed E-state index contributed by atoms with van der Waals surface area (Å²) < 4.78 is 0. The van der Waals surface area contributed by atoms with Crippen LogP contribution >= 0.6 is 11.6 Å². The summed E-state index contributed by atoms with van der Waals surface area (Å²) in [4.78, 5) is 19.2. The molecule has 15 heavy (non-hydrogen) atoms. The zero-order valence-corrected chi connectivity index (χ0v) is 8.79. The molecule has 0 saturated heterocycles. The van der Waals surface area contributed by atoms with E-state index in [1.165, 1.54) is 12.4 Å². The van der Waals surface area contributed by atoms with Gasteiger partial charge in [0.05, 0.1) is 0 Å². The van der Waals surface area contributed by atoms with Crippen LogP contribution in [0.2, 0.25) is 5.15 Å². The molecule has 5 nitrogen and oxygen atoms in total. The van der Waals surface area contributed by atoms with Gasteiger partial charge in [-0.3, -0.25) is 15.6 Å². The first-order chi connectivity index (χ1) is 7.27. The number of nitrogens with one attached hydrogen (secondary N) is 2. The van der Waals surface area contributed by atoms with Crippen molar-refractivity contribution in [2.75, 3.05) is 5.43 Å². The van der Waals surface area contributed by atoms with Gasteiger partial charge in [0.25, 0.3) is 0 Å². The van der Waals surface area contributed by atoms with Gasteiger partial charge >= 0.3 is 0 Å². The Hall–Kier alpha value is -1.36. The molecule has 1 aliphatic carbocycles. The molecule has 0 unspecified atom stereocenters. The van der Waals surface area contributed by atoms with Crippen molar-refractivity contribution in [1.82, 2.24) is 15.4 Å². The summed E-state index contributed by atoms with van der Waals surface area (Å²) in [6, 6.07) is 0. The summed E-state index contributed by atoms with van der Waals surface area (Å²) in [7, 11) is 0. The van der Waals surface area contributed by atoms with Crippen molar-refractivity contribution in [1.29, 1.82) is 0 Å². The molecule has 0 bridgehead atoms. The Labute approximate surface area is 92.2 Å². The fourth-order valence-electron chi connectivity index (χ4n) is 1.30. The monoisotopic (exact) mass is 226 g/mol. The summed E-state index contributed by atoms with van der Waals surface area (Å²) in [5.41, 5.74) is 5.22. The standard InChI is InChI=1S/C9H11ClN4O/c10-7-8(12-5-4-11-7)13-14-9(15)6-2-1-3-6/h4-6H,1-3H2,(H,12,13)(H,14,15). The number of hydrogen-bond acceptors (Lipinski definition) is 4. The maximum absolute atomic E-state index is 11.4. The SMILES string of the molecule is O=C(NNc1nccnc1Cl)C1CCC1. The van der Waals surface area contributed by atoms with E-state index in [-0.39, 0.29) is 17.0 Å². The Morgan fingerprint density at radius 2 is 2.13 bits per heavy atom. The first-order valence-electron chi connectivity index (χ1n) is 4.80. The molecule has 0 atom stereocenters. The molecule has 0 spiro atoms. The normalized spacial score (nSPS) is 15.5. The van der Waals surface area contributed by atoms with E-state index in [2.05, 4.69) is 20.8 Å². The number of hydrazine groups is 1. The molecular formula is C9H11ClN4O. The second kappa shape index (κ2) is 4.44. The van der Waals surface area contributed by atoms with Crippen LogP contribution in [0.3, 0.4) is 0 Å². The van der Waals surface area contributed by atoms with Gasteiger partial charge in [-0.25, -0.2) is 9.97 Å². The summed E-state index contributed by atoms with van der Waals surface area (Å²) in [6.45, 7) is 0. The van der Waals surface area contributed by atoms with Crippen molar-refractivity contribution < 1.29 is 4.79 Å². The van der Waals surface area contributed by atoms with Gasteiger partial charge < -0.3 is 0 Å². The Morgan fingerprint density at radius 3 is 2.73 bits per heavy atom. The Balaban J connectivity index is 1.87. The minimum Gasteiger partial charge on any atom is -0.279 e. The number of amides is 1. The van der Waals surface area contributed by atoms with Crippen molar-refractivity contribution in [3.05, 3.63) is 17.5 Å². The number of carbonyl (C=O) groups excluding carboxylic acids is 1. The molecule has 2 rings (SSSR count). The highest BCUT2D eigenvalue weighted by atomic mass is 35.5. The third-order valence-electron chi connectivity index (χ3n) is 2.43. The van der Waals surface area contributed by atoms with Crippen LogP contribution in [-0.4, -0.2) is 15.9 Å². The molecule has 0 radical (unpaired) electrons. The number of aromatic nitrogens is 2. The van der Waals surface area contributed by atoms with Gasteiger partial charge in [0, 0.05) is 18.3 Å². The fraction of sp³-hybridized carbons (Fsp3) is 0.444. The maximum Gasteiger partial charge on any atom is 0.241 e. The largest absolute Gasteiger partial charge is 0.279 e. The molecular weight excluding hydrogens is 216 g/mol. The third kappa shape index (κ3) is 2.36. The lowest BCUT2D eigenvalue weighted by Gasteiger charge is -2.24. The predicted octanol–water partition coefficient (Wildman–Crippen LogP) is 1.37. The quantitative estimate of drug-likeness (QED) is 0.764. The summed E-state index contributed by atoms with van der Waals surface area (Å²) in [5.74, 6) is 0.489. The molecule has 1 amide bonds. The van der Waals surface area contributed by atoms with E-state index in [0.29, 0.717) is 5.82 Å². The van der Waals surface area contributed by atoms with Crippen LogP contribution in [0.5, 0.6) is 0 Å². The second-order valence-electron chi connectivity index (χ2n) is 3.44. The number of carbonyl (C=O) groups is 1. The number of nitrogens with zero attached hydrogens (tertiary/aromatic N) is 2. The zero-order chi connectivity index (χ0) is 10.7. The van der Waals surface area contributed by atoms with Crippen LogP contribution < -0.4 is 10.9 Å². The lowest BCUT2D eigenvalue weighted by molar-refractivity contribution is -0.126. The van der Waals surface area contributed by atoms with Crippen LogP contribution in [0.15, 0.2) is 12.4 Å². The molecule has 1 aromatic heterocycles. The highest BCUT2D eigenvalue weighted by molar-refractivity contribution is 6.31. The summed E-state index contributed by atoms with van der Waals surface area (Å²) >= 11 is 5.75. The van der Waals surface area contributed by atoms with Crippen LogP contribution in [0.1, 0.15) is 19.3 Å². The zero-order valence-electron chi connectivity index (χ0n) is 8.03. The van der Waals surface area contributed by atoms with Crippen molar-refractivity contribution in [2.24, 2.45) is 5.92 Å². The van der Waals surface area contributed by atoms with Gasteiger partial charge in [0.15, 0.2) is 11.0 Å². The van der Waals surface area contributed by atoms with Crippen molar-refractivity contribution in [3.8, 4) is 0 Å². The first kappa shape index (κ1) is 10.2. The Kier molecular flexibility index (Phi) is 3.01. The van der Waals surface area contributed by atoms with E-state index >= 15 is 0 Å². The Morgan fingerprint density at radius 1 is 1.40 bits per heavy atom. The van der Waals surface area contributed by atoms with Gasteiger partial charge in [0.1, 0.15) is 0 Å². The van der Waals surface area contributed by atoms with E-state index in [1.54, 1.807) is 0 Å².